The Labute approximate surface area is 218 Å². The number of unbranched alkanes of at least 4 members (excludes halogenated alkanes) is 1. The molecule has 2 aromatic rings. The van der Waals surface area contributed by atoms with Crippen molar-refractivity contribution in [1.82, 2.24) is 0 Å². The van der Waals surface area contributed by atoms with Crippen molar-refractivity contribution in [1.29, 1.82) is 0 Å². The minimum absolute atomic E-state index is 0.0250. The third kappa shape index (κ3) is 6.34. The van der Waals surface area contributed by atoms with E-state index in [9.17, 15) is 4.79 Å². The first-order chi connectivity index (χ1) is 16.9. The van der Waals surface area contributed by atoms with Crippen molar-refractivity contribution in [2.45, 2.75) is 83.2 Å². The van der Waals surface area contributed by atoms with Gasteiger partial charge in [0, 0.05) is 39.1 Å². The van der Waals surface area contributed by atoms with E-state index in [4.69, 9.17) is 37.8 Å². The standard InChI is InChI=1S/C29H34Cl2O4/c1-2-3-6-21-15-25(30)23(26(31)16-21)18-34-22-10-11-24-27(17-22)35-19-29(24)13-5-8-20(12-14-29)7-4-9-28(32)33/h7,10-11,15-17H,2-6,8-9,12-14,18-19H2,1H3,(H,32,33). The van der Waals surface area contributed by atoms with Gasteiger partial charge in [-0.05, 0) is 75.1 Å². The first kappa shape index (κ1) is 25.9. The molecule has 4 rings (SSSR count). The number of carbonyl (C=O) groups is 1. The predicted octanol–water partition coefficient (Wildman–Crippen LogP) is 8.30. The molecule has 6 heteroatoms. The summed E-state index contributed by atoms with van der Waals surface area (Å²) >= 11 is 13.0. The molecule has 1 spiro atoms. The molecule has 1 N–H and O–H groups in total. The van der Waals surface area contributed by atoms with Gasteiger partial charge < -0.3 is 14.6 Å². The van der Waals surface area contributed by atoms with Crippen molar-refractivity contribution in [3.05, 3.63) is 68.7 Å². The molecule has 1 fully saturated rings. The van der Waals surface area contributed by atoms with Crippen LogP contribution in [0.1, 0.15) is 81.4 Å². The molecular formula is C29H34Cl2O4. The van der Waals surface area contributed by atoms with Crippen LogP contribution >= 0.6 is 23.2 Å². The highest BCUT2D eigenvalue weighted by Crippen LogP contribution is 2.49. The average Bonchev–Trinajstić information content (AvgIpc) is 3.04. The van der Waals surface area contributed by atoms with Crippen LogP contribution < -0.4 is 9.47 Å². The summed E-state index contributed by atoms with van der Waals surface area (Å²) in [6, 6.07) is 10.1. The highest BCUT2D eigenvalue weighted by molar-refractivity contribution is 6.36. The van der Waals surface area contributed by atoms with Gasteiger partial charge in [0.25, 0.3) is 0 Å². The van der Waals surface area contributed by atoms with Crippen LogP contribution in [0.2, 0.25) is 10.0 Å². The van der Waals surface area contributed by atoms with Gasteiger partial charge in [-0.3, -0.25) is 4.79 Å². The lowest BCUT2D eigenvalue weighted by atomic mass is 9.76. The van der Waals surface area contributed by atoms with Gasteiger partial charge in [0.15, 0.2) is 0 Å². The highest BCUT2D eigenvalue weighted by atomic mass is 35.5. The third-order valence-corrected chi connectivity index (χ3v) is 7.97. The maximum absolute atomic E-state index is 10.8. The zero-order chi connectivity index (χ0) is 24.8. The number of aryl methyl sites for hydroxylation is 1. The van der Waals surface area contributed by atoms with Gasteiger partial charge >= 0.3 is 5.97 Å². The summed E-state index contributed by atoms with van der Waals surface area (Å²) in [5, 5.41) is 10.2. The fraction of sp³-hybridized carbons (Fsp3) is 0.483. The number of benzene rings is 2. The van der Waals surface area contributed by atoms with Gasteiger partial charge in [0.05, 0.1) is 6.61 Å². The van der Waals surface area contributed by atoms with Crippen molar-refractivity contribution in [3.63, 3.8) is 0 Å². The summed E-state index contributed by atoms with van der Waals surface area (Å²) in [6.07, 6.45) is 11.4. The van der Waals surface area contributed by atoms with Crippen molar-refractivity contribution in [3.8, 4) is 11.5 Å². The quantitative estimate of drug-likeness (QED) is 0.340. The number of hydrogen-bond acceptors (Lipinski definition) is 3. The van der Waals surface area contributed by atoms with Gasteiger partial charge in [0.1, 0.15) is 18.1 Å². The van der Waals surface area contributed by atoms with E-state index in [1.807, 2.05) is 24.3 Å². The molecular weight excluding hydrogens is 483 g/mol. The monoisotopic (exact) mass is 516 g/mol. The molecule has 0 bridgehead atoms. The summed E-state index contributed by atoms with van der Waals surface area (Å²) in [4.78, 5) is 10.8. The average molecular weight is 517 g/mol. The molecule has 0 radical (unpaired) electrons. The van der Waals surface area contributed by atoms with Gasteiger partial charge in [-0.25, -0.2) is 0 Å². The fourth-order valence-electron chi connectivity index (χ4n) is 5.24. The SMILES string of the molecule is CCCCc1cc(Cl)c(COc2ccc3c(c2)OCC32CCCC(=CCCC(=O)O)CC2)c(Cl)c1. The second-order valence-corrected chi connectivity index (χ2v) is 10.6. The van der Waals surface area contributed by atoms with Crippen molar-refractivity contribution >= 4 is 29.2 Å². The number of rotatable bonds is 9. The summed E-state index contributed by atoms with van der Waals surface area (Å²) in [6.45, 7) is 3.16. The molecule has 4 nitrogen and oxygen atoms in total. The van der Waals surface area contributed by atoms with Gasteiger partial charge in [0.2, 0.25) is 0 Å². The molecule has 1 heterocycles. The lowest BCUT2D eigenvalue weighted by Gasteiger charge is -2.26. The van der Waals surface area contributed by atoms with Gasteiger partial charge in [-0.15, -0.1) is 0 Å². The molecule has 1 atom stereocenters. The van der Waals surface area contributed by atoms with Crippen LogP contribution in [0, 0.1) is 0 Å². The molecule has 0 amide bonds. The lowest BCUT2D eigenvalue weighted by molar-refractivity contribution is -0.136. The Morgan fingerprint density at radius 2 is 1.97 bits per heavy atom. The Morgan fingerprint density at radius 1 is 1.17 bits per heavy atom. The molecule has 1 aliphatic carbocycles. The number of ether oxygens (including phenoxy) is 2. The summed E-state index contributed by atoms with van der Waals surface area (Å²) in [5.41, 5.74) is 4.62. The van der Waals surface area contributed by atoms with E-state index in [1.165, 1.54) is 11.1 Å². The molecule has 188 valence electrons. The van der Waals surface area contributed by atoms with Crippen LogP contribution in [0.15, 0.2) is 42.0 Å². The number of aliphatic carboxylic acids is 1. The number of halogens is 2. The van der Waals surface area contributed by atoms with E-state index >= 15 is 0 Å². The highest BCUT2D eigenvalue weighted by Gasteiger charge is 2.41. The Morgan fingerprint density at radius 3 is 2.71 bits per heavy atom. The van der Waals surface area contributed by atoms with E-state index in [2.05, 4.69) is 19.1 Å². The Kier molecular flexibility index (Phi) is 8.67. The maximum Gasteiger partial charge on any atom is 0.303 e. The first-order valence-corrected chi connectivity index (χ1v) is 13.4. The zero-order valence-corrected chi connectivity index (χ0v) is 21.9. The van der Waals surface area contributed by atoms with Gasteiger partial charge in [-0.1, -0.05) is 54.3 Å². The van der Waals surface area contributed by atoms with E-state index in [-0.39, 0.29) is 11.8 Å². The van der Waals surface area contributed by atoms with E-state index in [1.54, 1.807) is 0 Å². The normalized spacial score (nSPS) is 20.5. The molecule has 1 aliphatic heterocycles. The number of hydrogen-bond donors (Lipinski definition) is 1. The van der Waals surface area contributed by atoms with Crippen LogP contribution in [0.4, 0.5) is 0 Å². The van der Waals surface area contributed by atoms with Crippen LogP contribution in [-0.4, -0.2) is 17.7 Å². The second kappa shape index (κ2) is 11.7. The minimum atomic E-state index is -0.739. The van der Waals surface area contributed by atoms with Crippen molar-refractivity contribution in [2.24, 2.45) is 0 Å². The van der Waals surface area contributed by atoms with Gasteiger partial charge in [-0.2, -0.15) is 0 Å². The van der Waals surface area contributed by atoms with E-state index in [0.29, 0.717) is 29.7 Å². The molecule has 2 aliphatic rings. The third-order valence-electron chi connectivity index (χ3n) is 7.30. The predicted molar refractivity (Wildman–Crippen MR) is 141 cm³/mol. The zero-order valence-electron chi connectivity index (χ0n) is 20.4. The molecule has 0 saturated heterocycles. The van der Waals surface area contributed by atoms with Crippen LogP contribution in [0.5, 0.6) is 11.5 Å². The number of fused-ring (bicyclic) bond motifs is 2. The molecule has 2 aromatic carbocycles. The molecule has 1 saturated carbocycles. The smallest absolute Gasteiger partial charge is 0.303 e. The van der Waals surface area contributed by atoms with E-state index < -0.39 is 5.97 Å². The Balaban J connectivity index is 1.41. The largest absolute Gasteiger partial charge is 0.492 e. The first-order valence-electron chi connectivity index (χ1n) is 12.7. The topological polar surface area (TPSA) is 55.8 Å². The number of allylic oxidation sites excluding steroid dienone is 2. The summed E-state index contributed by atoms with van der Waals surface area (Å²) < 4.78 is 12.2. The molecule has 35 heavy (non-hydrogen) atoms. The fourth-order valence-corrected chi connectivity index (χ4v) is 5.88. The van der Waals surface area contributed by atoms with Crippen LogP contribution in [0.3, 0.4) is 0 Å². The molecule has 1 unspecified atom stereocenters. The van der Waals surface area contributed by atoms with Crippen molar-refractivity contribution in [2.75, 3.05) is 6.61 Å². The summed E-state index contributed by atoms with van der Waals surface area (Å²) in [7, 11) is 0. The number of carboxylic acids is 1. The van der Waals surface area contributed by atoms with E-state index in [0.717, 1.165) is 74.0 Å². The summed E-state index contributed by atoms with van der Waals surface area (Å²) in [5.74, 6) is 0.899. The van der Waals surface area contributed by atoms with Crippen LogP contribution in [0.25, 0.3) is 0 Å². The minimum Gasteiger partial charge on any atom is -0.492 e. The Bertz CT molecular complexity index is 1070. The maximum atomic E-state index is 10.8. The second-order valence-electron chi connectivity index (χ2n) is 9.81. The van der Waals surface area contributed by atoms with Crippen molar-refractivity contribution < 1.29 is 19.4 Å². The lowest BCUT2D eigenvalue weighted by Crippen LogP contribution is -2.27. The Hall–Kier alpha value is -2.17. The van der Waals surface area contributed by atoms with Crippen LogP contribution in [-0.2, 0) is 23.2 Å². The number of carboxylic acid groups (broad SMARTS) is 1. The molecule has 0 aromatic heterocycles.